The highest BCUT2D eigenvalue weighted by Gasteiger charge is 2.57. The number of anilines is 3. The average molecular weight is 727 g/mol. The molecule has 7 heterocycles. The fraction of sp³-hybridized carbons (Fsp3) is 0. The number of para-hydroxylation sites is 5. The lowest BCUT2D eigenvalue weighted by atomic mass is 9.45. The number of hydrogen-bond acceptors (Lipinski definition) is 3. The molecule has 0 amide bonds. The predicted octanol–water partition coefficient (Wildman–Crippen LogP) is 8.53. The van der Waals surface area contributed by atoms with Crippen molar-refractivity contribution in [2.24, 2.45) is 0 Å². The number of hydrogen-bond donors (Lipinski definition) is 0. The topological polar surface area (TPSA) is 34.5 Å². The first-order valence-electron chi connectivity index (χ1n) is 19.5. The van der Waals surface area contributed by atoms with Gasteiger partial charge in [0, 0.05) is 55.3 Å². The van der Waals surface area contributed by atoms with E-state index >= 15 is 0 Å². The number of fused-ring (bicyclic) bond motifs is 22. The quantitative estimate of drug-likeness (QED) is 0.147. The number of nitrogens with zero attached hydrogens (tertiary/aromatic N) is 2. The van der Waals surface area contributed by atoms with Gasteiger partial charge in [0.2, 0.25) is 0 Å². The van der Waals surface area contributed by atoms with Crippen molar-refractivity contribution >= 4 is 119 Å². The van der Waals surface area contributed by atoms with Crippen molar-refractivity contribution in [3.8, 4) is 22.3 Å². The molecule has 0 saturated heterocycles. The molecule has 4 aliphatic heterocycles. The zero-order valence-corrected chi connectivity index (χ0v) is 30.9. The third-order valence-electron chi connectivity index (χ3n) is 13.6. The van der Waals surface area contributed by atoms with Crippen LogP contribution in [0.25, 0.3) is 77.2 Å². The maximum Gasteiger partial charge on any atom is 0.333 e. The Hall–Kier alpha value is -7.02. The van der Waals surface area contributed by atoms with Gasteiger partial charge < -0.3 is 18.2 Å². The van der Waals surface area contributed by atoms with E-state index in [-0.39, 0.29) is 6.85 Å². The van der Waals surface area contributed by atoms with E-state index < -0.39 is 8.07 Å². The van der Waals surface area contributed by atoms with Gasteiger partial charge in [-0.05, 0) is 79.2 Å². The van der Waals surface area contributed by atoms with Crippen molar-refractivity contribution in [2.45, 2.75) is 0 Å². The minimum Gasteiger partial charge on any atom is -0.455 e. The van der Waals surface area contributed by atoms with E-state index in [1.54, 1.807) is 0 Å². The van der Waals surface area contributed by atoms with Crippen molar-refractivity contribution in [3.63, 3.8) is 0 Å². The van der Waals surface area contributed by atoms with Gasteiger partial charge in [0.25, 0.3) is 0 Å². The maximum absolute atomic E-state index is 6.97. The largest absolute Gasteiger partial charge is 0.455 e. The standard InChI is InChI=1S/C50H27BN2O2Si/c1-6-21-38-28(13-1)34-27-37-45-44(49(34)54-38)32-17-11-18-33-46(32)53(47-31-16-2-7-22-39(31)55-50(33)47)51(45)35-19-12-26-43-48(35)52(37)36-20-5-10-25-42(36)56(43)40-23-8-3-14-29(40)30-15-4-9-24-41(30)56/h1-27H. The van der Waals surface area contributed by atoms with Crippen LogP contribution in [0.4, 0.5) is 17.1 Å². The van der Waals surface area contributed by atoms with Crippen LogP contribution in [0.1, 0.15) is 0 Å². The monoisotopic (exact) mass is 726 g/mol. The minimum absolute atomic E-state index is 0.122. The Morgan fingerprint density at radius 1 is 0.446 bits per heavy atom. The van der Waals surface area contributed by atoms with Crippen LogP contribution in [0.2, 0.25) is 0 Å². The van der Waals surface area contributed by atoms with Crippen molar-refractivity contribution in [1.82, 2.24) is 4.48 Å². The molecule has 0 radical (unpaired) electrons. The van der Waals surface area contributed by atoms with E-state index in [1.807, 2.05) is 0 Å². The lowest BCUT2D eigenvalue weighted by Gasteiger charge is -2.48. The van der Waals surface area contributed by atoms with Gasteiger partial charge in [0.05, 0.1) is 5.52 Å². The lowest BCUT2D eigenvalue weighted by Crippen LogP contribution is -2.77. The number of rotatable bonds is 0. The number of benzene rings is 8. The Kier molecular flexibility index (Phi) is 4.79. The molecule has 0 fully saturated rings. The van der Waals surface area contributed by atoms with E-state index in [4.69, 9.17) is 8.83 Å². The summed E-state index contributed by atoms with van der Waals surface area (Å²) in [7, 11) is -2.79. The van der Waals surface area contributed by atoms with Crippen LogP contribution in [0.5, 0.6) is 0 Å². The van der Waals surface area contributed by atoms with Gasteiger partial charge >= 0.3 is 6.85 Å². The highest BCUT2D eigenvalue weighted by Crippen LogP contribution is 2.51. The van der Waals surface area contributed by atoms with Gasteiger partial charge in [-0.3, -0.25) is 0 Å². The minimum atomic E-state index is -2.79. The highest BCUT2D eigenvalue weighted by atomic mass is 28.3. The van der Waals surface area contributed by atoms with E-state index in [2.05, 4.69) is 173 Å². The number of aromatic nitrogens is 1. The summed E-state index contributed by atoms with van der Waals surface area (Å²) in [5.74, 6) is 0. The summed E-state index contributed by atoms with van der Waals surface area (Å²) in [5, 5.41) is 10.4. The van der Waals surface area contributed by atoms with Crippen LogP contribution in [0, 0.1) is 0 Å². The summed E-state index contributed by atoms with van der Waals surface area (Å²) < 4.78 is 16.4. The van der Waals surface area contributed by atoms with Crippen molar-refractivity contribution in [1.29, 1.82) is 0 Å². The smallest absolute Gasteiger partial charge is 0.333 e. The molecule has 1 spiro atoms. The molecule has 256 valence electrons. The average Bonchev–Trinajstić information content (AvgIpc) is 3.99. The molecule has 0 atom stereocenters. The lowest BCUT2D eigenvalue weighted by molar-refractivity contribution is 0.670. The van der Waals surface area contributed by atoms with Crippen LogP contribution in [-0.4, -0.2) is 19.4 Å². The Morgan fingerprint density at radius 3 is 1.88 bits per heavy atom. The van der Waals surface area contributed by atoms with Gasteiger partial charge in [0.15, 0.2) is 13.7 Å². The molecule has 8 aromatic carbocycles. The van der Waals surface area contributed by atoms with Gasteiger partial charge in [-0.2, -0.15) is 0 Å². The van der Waals surface area contributed by atoms with E-state index in [1.165, 1.54) is 76.5 Å². The molecule has 0 aliphatic carbocycles. The summed E-state index contributed by atoms with van der Waals surface area (Å²) in [5.41, 5.74) is 17.6. The van der Waals surface area contributed by atoms with Gasteiger partial charge in [-0.15, -0.1) is 0 Å². The van der Waals surface area contributed by atoms with Crippen molar-refractivity contribution in [2.75, 3.05) is 4.90 Å². The third-order valence-corrected chi connectivity index (χ3v) is 18.5. The first-order valence-corrected chi connectivity index (χ1v) is 21.5. The Labute approximate surface area is 321 Å². The zero-order valence-electron chi connectivity index (χ0n) is 29.9. The molecule has 4 aliphatic rings. The van der Waals surface area contributed by atoms with Crippen LogP contribution >= 0.6 is 0 Å². The van der Waals surface area contributed by atoms with Crippen LogP contribution < -0.4 is 36.6 Å². The molecule has 3 aromatic heterocycles. The summed E-state index contributed by atoms with van der Waals surface area (Å²) in [6.07, 6.45) is 0. The molecule has 0 bridgehead atoms. The molecule has 0 saturated carbocycles. The predicted molar refractivity (Wildman–Crippen MR) is 233 cm³/mol. The Balaban J connectivity index is 1.19. The van der Waals surface area contributed by atoms with E-state index in [9.17, 15) is 0 Å². The summed E-state index contributed by atoms with van der Waals surface area (Å²) >= 11 is 0. The summed E-state index contributed by atoms with van der Waals surface area (Å²) in [4.78, 5) is 2.64. The number of furan rings is 2. The van der Waals surface area contributed by atoms with Gasteiger partial charge in [-0.1, -0.05) is 127 Å². The zero-order chi connectivity index (χ0) is 36.0. The normalized spacial score (nSPS) is 14.9. The molecule has 11 aromatic rings. The second-order valence-electron chi connectivity index (χ2n) is 15.8. The molecule has 6 heteroatoms. The summed E-state index contributed by atoms with van der Waals surface area (Å²) in [6.45, 7) is -0.122. The molecule has 0 unspecified atom stereocenters. The molecule has 15 rings (SSSR count). The first kappa shape index (κ1) is 28.4. The van der Waals surface area contributed by atoms with Crippen LogP contribution in [0.15, 0.2) is 173 Å². The fourth-order valence-electron chi connectivity index (χ4n) is 11.7. The SMILES string of the molecule is c1ccc2c(c1)-c1ccccc1[Si]21c2ccccc2N2c3cc4c(oc5ccccc54)c4c3B(c3cccc1c32)n1c2c-4cccc2c2oc3ccccc3c21. The van der Waals surface area contributed by atoms with E-state index in [0.717, 1.165) is 49.4 Å². The summed E-state index contributed by atoms with van der Waals surface area (Å²) in [6, 6.07) is 61.2. The Morgan fingerprint density at radius 2 is 1.05 bits per heavy atom. The molecule has 0 N–H and O–H groups in total. The fourth-order valence-corrected chi connectivity index (χ4v) is 17.2. The van der Waals surface area contributed by atoms with Crippen molar-refractivity contribution in [3.05, 3.63) is 164 Å². The third kappa shape index (κ3) is 2.93. The van der Waals surface area contributed by atoms with Gasteiger partial charge in [0.1, 0.15) is 16.7 Å². The van der Waals surface area contributed by atoms with Crippen LogP contribution in [0.3, 0.4) is 0 Å². The van der Waals surface area contributed by atoms with Gasteiger partial charge in [-0.25, -0.2) is 0 Å². The molecular weight excluding hydrogens is 699 g/mol. The molecular formula is C50H27BN2O2Si. The molecule has 4 nitrogen and oxygen atoms in total. The second-order valence-corrected chi connectivity index (χ2v) is 19.5. The highest BCUT2D eigenvalue weighted by molar-refractivity contribution is 7.24. The molecule has 56 heavy (non-hydrogen) atoms. The first-order chi connectivity index (χ1) is 27.8. The van der Waals surface area contributed by atoms with Crippen LogP contribution in [-0.2, 0) is 0 Å². The Bertz CT molecular complexity index is 3600. The van der Waals surface area contributed by atoms with Crippen molar-refractivity contribution < 1.29 is 8.83 Å². The van der Waals surface area contributed by atoms with E-state index in [0.29, 0.717) is 0 Å². The maximum atomic E-state index is 6.97. The second kappa shape index (κ2) is 9.43.